The summed E-state index contributed by atoms with van der Waals surface area (Å²) in [5.74, 6) is -0.731. The van der Waals surface area contributed by atoms with Crippen LogP contribution in [0.1, 0.15) is 53.1 Å². The highest BCUT2D eigenvalue weighted by Gasteiger charge is 2.31. The number of imidazole rings is 1. The van der Waals surface area contributed by atoms with Gasteiger partial charge in [-0.1, -0.05) is 48.5 Å². The van der Waals surface area contributed by atoms with Crippen molar-refractivity contribution in [2.75, 3.05) is 7.11 Å². The molecule has 3 aromatic rings. The van der Waals surface area contributed by atoms with Gasteiger partial charge >= 0.3 is 5.97 Å². The fourth-order valence-corrected chi connectivity index (χ4v) is 3.80. The van der Waals surface area contributed by atoms with Crippen LogP contribution < -0.4 is 0 Å². The summed E-state index contributed by atoms with van der Waals surface area (Å²) >= 11 is 0. The van der Waals surface area contributed by atoms with Gasteiger partial charge in [-0.05, 0) is 41.0 Å². The first kappa shape index (κ1) is 22.4. The first-order chi connectivity index (χ1) is 15.8. The van der Waals surface area contributed by atoms with Crippen LogP contribution in [0.5, 0.6) is 0 Å². The van der Waals surface area contributed by atoms with Crippen molar-refractivity contribution in [1.82, 2.24) is 9.55 Å². The summed E-state index contributed by atoms with van der Waals surface area (Å²) in [5, 5.41) is 35.6. The third kappa shape index (κ3) is 4.57. The number of hydrogen-bond donors (Lipinski definition) is 2. The van der Waals surface area contributed by atoms with Gasteiger partial charge in [-0.25, -0.2) is 9.78 Å². The molecule has 0 saturated heterocycles. The van der Waals surface area contributed by atoms with Crippen LogP contribution in [0.25, 0.3) is 11.1 Å². The minimum absolute atomic E-state index is 0.0547. The van der Waals surface area contributed by atoms with E-state index in [0.717, 1.165) is 22.3 Å². The van der Waals surface area contributed by atoms with E-state index in [-0.39, 0.29) is 24.5 Å². The summed E-state index contributed by atoms with van der Waals surface area (Å²) in [6, 6.07) is 15.6. The normalized spacial score (nSPS) is 13.7. The van der Waals surface area contributed by atoms with E-state index in [1.807, 2.05) is 48.5 Å². The van der Waals surface area contributed by atoms with Crippen molar-refractivity contribution in [3.05, 3.63) is 76.9 Å². The highest BCUT2D eigenvalue weighted by atomic mass is 16.5. The standard InChI is InChI=1S/C23H24N6O4/c1-23(2,32)20-19(22(30)31)29(18(24-20)13-33-3)12-14-8-10-15(11-9-14)16-6-4-5-7-17(16)21-25-27-28-26-21/h4-11,21,32H,12-13H2,1-3H3,(H,30,31). The molecule has 0 spiro atoms. The van der Waals surface area contributed by atoms with Gasteiger partial charge in [0.1, 0.15) is 23.7 Å². The molecule has 170 valence electrons. The van der Waals surface area contributed by atoms with Gasteiger partial charge in [0, 0.05) is 19.2 Å². The lowest BCUT2D eigenvalue weighted by molar-refractivity contribution is 0.0602. The van der Waals surface area contributed by atoms with Crippen molar-refractivity contribution in [3.63, 3.8) is 0 Å². The average Bonchev–Trinajstić information content (AvgIpc) is 3.43. The molecule has 1 aromatic heterocycles. The van der Waals surface area contributed by atoms with Crippen LogP contribution in [0.2, 0.25) is 0 Å². The van der Waals surface area contributed by atoms with Gasteiger partial charge in [0.15, 0.2) is 5.69 Å². The number of rotatable bonds is 8. The molecule has 4 rings (SSSR count). The quantitative estimate of drug-likeness (QED) is 0.523. The minimum Gasteiger partial charge on any atom is -0.477 e. The Balaban J connectivity index is 1.69. The highest BCUT2D eigenvalue weighted by Crippen LogP contribution is 2.33. The molecule has 0 bridgehead atoms. The molecular weight excluding hydrogens is 424 g/mol. The van der Waals surface area contributed by atoms with Crippen LogP contribution in [0.4, 0.5) is 0 Å². The van der Waals surface area contributed by atoms with E-state index >= 15 is 0 Å². The number of carboxylic acids is 1. The van der Waals surface area contributed by atoms with E-state index in [2.05, 4.69) is 25.7 Å². The Labute approximate surface area is 190 Å². The monoisotopic (exact) mass is 448 g/mol. The molecule has 0 unspecified atom stereocenters. The zero-order valence-corrected chi connectivity index (χ0v) is 18.5. The highest BCUT2D eigenvalue weighted by molar-refractivity contribution is 5.87. The maximum atomic E-state index is 12.1. The lowest BCUT2D eigenvalue weighted by Gasteiger charge is -2.16. The number of ether oxygens (including phenoxy) is 1. The Morgan fingerprint density at radius 3 is 2.36 bits per heavy atom. The van der Waals surface area contributed by atoms with E-state index in [1.54, 1.807) is 4.57 Å². The van der Waals surface area contributed by atoms with Crippen molar-refractivity contribution in [1.29, 1.82) is 0 Å². The second-order valence-electron chi connectivity index (χ2n) is 8.18. The summed E-state index contributed by atoms with van der Waals surface area (Å²) in [4.78, 5) is 16.4. The first-order valence-electron chi connectivity index (χ1n) is 10.3. The zero-order valence-electron chi connectivity index (χ0n) is 18.5. The molecule has 0 atom stereocenters. The molecule has 0 saturated carbocycles. The van der Waals surface area contributed by atoms with Gasteiger partial charge in [0.2, 0.25) is 6.17 Å². The van der Waals surface area contributed by atoms with Crippen molar-refractivity contribution >= 4 is 5.97 Å². The van der Waals surface area contributed by atoms with Crippen molar-refractivity contribution < 1.29 is 19.7 Å². The van der Waals surface area contributed by atoms with Gasteiger partial charge in [-0.15, -0.1) is 10.2 Å². The third-order valence-corrected chi connectivity index (χ3v) is 5.31. The predicted molar refractivity (Wildman–Crippen MR) is 119 cm³/mol. The number of aliphatic hydroxyl groups is 1. The molecule has 2 heterocycles. The molecule has 0 radical (unpaired) electrons. The van der Waals surface area contributed by atoms with Crippen LogP contribution in [0.15, 0.2) is 69.2 Å². The fraction of sp³-hybridized carbons (Fsp3) is 0.304. The molecule has 2 aromatic carbocycles. The molecule has 0 amide bonds. The van der Waals surface area contributed by atoms with E-state index < -0.39 is 17.7 Å². The van der Waals surface area contributed by atoms with E-state index in [9.17, 15) is 15.0 Å². The fourth-order valence-electron chi connectivity index (χ4n) is 3.80. The summed E-state index contributed by atoms with van der Waals surface area (Å²) in [7, 11) is 1.51. The molecule has 1 aliphatic rings. The van der Waals surface area contributed by atoms with Crippen molar-refractivity contribution in [2.24, 2.45) is 20.7 Å². The van der Waals surface area contributed by atoms with Crippen molar-refractivity contribution in [2.45, 2.75) is 38.8 Å². The van der Waals surface area contributed by atoms with Crippen LogP contribution in [-0.2, 0) is 23.5 Å². The number of aromatic nitrogens is 2. The predicted octanol–water partition coefficient (Wildman–Crippen LogP) is 4.50. The second kappa shape index (κ2) is 9.00. The van der Waals surface area contributed by atoms with Gasteiger partial charge in [-0.2, -0.15) is 0 Å². The number of carbonyl (C=O) groups is 1. The largest absolute Gasteiger partial charge is 0.477 e. The lowest BCUT2D eigenvalue weighted by atomic mass is 9.97. The maximum absolute atomic E-state index is 12.1. The number of nitrogens with zero attached hydrogens (tertiary/aromatic N) is 6. The first-order valence-corrected chi connectivity index (χ1v) is 10.3. The zero-order chi connectivity index (χ0) is 23.6. The molecular formula is C23H24N6O4. The van der Waals surface area contributed by atoms with Gasteiger partial charge < -0.3 is 19.5 Å². The lowest BCUT2D eigenvalue weighted by Crippen LogP contribution is -2.22. The van der Waals surface area contributed by atoms with Crippen LogP contribution in [-0.4, -0.2) is 32.8 Å². The molecule has 10 heteroatoms. The maximum Gasteiger partial charge on any atom is 0.354 e. The Kier molecular flexibility index (Phi) is 6.12. The van der Waals surface area contributed by atoms with Gasteiger partial charge in [0.25, 0.3) is 0 Å². The Hall–Kier alpha value is -3.76. The molecule has 10 nitrogen and oxygen atoms in total. The minimum atomic E-state index is -1.41. The second-order valence-corrected chi connectivity index (χ2v) is 8.18. The average molecular weight is 448 g/mol. The van der Waals surface area contributed by atoms with Crippen LogP contribution in [0.3, 0.4) is 0 Å². The smallest absolute Gasteiger partial charge is 0.354 e. The summed E-state index contributed by atoms with van der Waals surface area (Å²) in [6.45, 7) is 3.40. The van der Waals surface area contributed by atoms with Crippen LogP contribution >= 0.6 is 0 Å². The summed E-state index contributed by atoms with van der Waals surface area (Å²) in [6.07, 6.45) is -0.457. The van der Waals surface area contributed by atoms with Crippen LogP contribution in [0, 0.1) is 0 Å². The topological polar surface area (TPSA) is 134 Å². The number of benzene rings is 2. The Morgan fingerprint density at radius 2 is 1.76 bits per heavy atom. The summed E-state index contributed by atoms with van der Waals surface area (Å²) in [5.41, 5.74) is 2.33. The summed E-state index contributed by atoms with van der Waals surface area (Å²) < 4.78 is 6.79. The molecule has 2 N–H and O–H groups in total. The molecule has 0 fully saturated rings. The van der Waals surface area contributed by atoms with E-state index in [1.165, 1.54) is 21.0 Å². The Bertz CT molecular complexity index is 1210. The molecule has 1 aliphatic heterocycles. The number of methoxy groups -OCH3 is 1. The van der Waals surface area contributed by atoms with E-state index in [0.29, 0.717) is 5.82 Å². The number of hydrogen-bond acceptors (Lipinski definition) is 8. The van der Waals surface area contributed by atoms with Gasteiger partial charge in [-0.3, -0.25) is 0 Å². The number of aromatic carboxylic acids is 1. The molecule has 0 aliphatic carbocycles. The third-order valence-electron chi connectivity index (χ3n) is 5.31. The van der Waals surface area contributed by atoms with E-state index in [4.69, 9.17) is 4.74 Å². The van der Waals surface area contributed by atoms with Gasteiger partial charge in [0.05, 0.1) is 0 Å². The van der Waals surface area contributed by atoms with Crippen molar-refractivity contribution in [3.8, 4) is 11.1 Å². The Morgan fingerprint density at radius 1 is 1.09 bits per heavy atom. The number of carboxylic acid groups (broad SMARTS) is 1. The SMILES string of the molecule is COCc1nc(C(C)(C)O)c(C(=O)O)n1Cc1ccc(-c2ccccc2C2N=NN=N2)cc1. The molecule has 33 heavy (non-hydrogen) atoms.